The van der Waals surface area contributed by atoms with Gasteiger partial charge >= 0.3 is 0 Å². The monoisotopic (exact) mass is 621 g/mol. The summed E-state index contributed by atoms with van der Waals surface area (Å²) in [6, 6.07) is 31.4. The molecule has 5 aromatic rings. The Labute approximate surface area is 271 Å². The number of aliphatic hydroxyl groups excluding tert-OH is 1. The Bertz CT molecular complexity index is 2050. The highest BCUT2D eigenvalue weighted by Crippen LogP contribution is 2.47. The van der Waals surface area contributed by atoms with E-state index >= 15 is 0 Å². The van der Waals surface area contributed by atoms with Crippen LogP contribution in [0.3, 0.4) is 0 Å². The van der Waals surface area contributed by atoms with Crippen LogP contribution in [0.4, 0.5) is 5.82 Å². The van der Waals surface area contributed by atoms with Crippen LogP contribution in [0.1, 0.15) is 67.6 Å². The lowest BCUT2D eigenvalue weighted by molar-refractivity contribution is -0.126. The van der Waals surface area contributed by atoms with Gasteiger partial charge in [-0.25, -0.2) is 15.0 Å². The third-order valence-electron chi connectivity index (χ3n) is 8.86. The fourth-order valence-electron chi connectivity index (χ4n) is 6.35. The Balaban J connectivity index is 1.24. The highest BCUT2D eigenvalue weighted by molar-refractivity contribution is 6.16. The number of carbonyl (C=O) groups excluding carboxylic acids is 3. The number of fused-ring (bicyclic) bond motifs is 3. The molecular formula is C38H31N5O4. The number of rotatable bonds is 9. The van der Waals surface area contributed by atoms with E-state index in [2.05, 4.69) is 0 Å². The predicted molar refractivity (Wildman–Crippen MR) is 178 cm³/mol. The van der Waals surface area contributed by atoms with E-state index in [-0.39, 0.29) is 37.0 Å². The third-order valence-corrected chi connectivity index (χ3v) is 8.86. The number of amides is 1. The SMILES string of the molecule is CC(=O)c1ccc(CN2C(=O)CC3(c4ccc(CO)cc4)C2=NC=Nc2c3ncn2Cc2ccc(C(=O)c3ccccc3)cc2)cc1. The van der Waals surface area contributed by atoms with Gasteiger partial charge in [0.15, 0.2) is 17.4 Å². The molecule has 1 fully saturated rings. The van der Waals surface area contributed by atoms with E-state index in [0.717, 1.165) is 22.3 Å². The summed E-state index contributed by atoms with van der Waals surface area (Å²) in [6.45, 7) is 2.13. The maximum absolute atomic E-state index is 13.9. The van der Waals surface area contributed by atoms with Crippen LogP contribution in [0.5, 0.6) is 0 Å². The summed E-state index contributed by atoms with van der Waals surface area (Å²) in [5.41, 5.74) is 4.81. The Morgan fingerprint density at radius 3 is 2.06 bits per heavy atom. The summed E-state index contributed by atoms with van der Waals surface area (Å²) in [4.78, 5) is 54.7. The Hall–Kier alpha value is -5.80. The molecule has 2 aliphatic rings. The van der Waals surface area contributed by atoms with Gasteiger partial charge < -0.3 is 9.67 Å². The molecule has 0 bridgehead atoms. The lowest BCUT2D eigenvalue weighted by Crippen LogP contribution is -2.39. The molecule has 1 saturated heterocycles. The van der Waals surface area contributed by atoms with Crippen LogP contribution >= 0.6 is 0 Å². The van der Waals surface area contributed by atoms with Crippen molar-refractivity contribution in [2.75, 3.05) is 0 Å². The Kier molecular flexibility index (Phi) is 7.75. The number of hydrogen-bond acceptors (Lipinski definition) is 7. The van der Waals surface area contributed by atoms with E-state index in [0.29, 0.717) is 40.6 Å². The number of benzene rings is 4. The smallest absolute Gasteiger partial charge is 0.230 e. The van der Waals surface area contributed by atoms with Gasteiger partial charge in [0.2, 0.25) is 5.91 Å². The van der Waals surface area contributed by atoms with E-state index in [4.69, 9.17) is 15.0 Å². The number of aliphatic hydroxyl groups is 1. The second-order valence-corrected chi connectivity index (χ2v) is 11.8. The molecule has 232 valence electrons. The van der Waals surface area contributed by atoms with E-state index in [1.54, 1.807) is 35.5 Å². The van der Waals surface area contributed by atoms with Crippen molar-refractivity contribution in [1.29, 1.82) is 0 Å². The Morgan fingerprint density at radius 1 is 0.787 bits per heavy atom. The summed E-state index contributed by atoms with van der Waals surface area (Å²) in [7, 11) is 0. The summed E-state index contributed by atoms with van der Waals surface area (Å²) in [5, 5.41) is 9.72. The molecule has 0 aliphatic carbocycles. The number of aromatic nitrogens is 2. The molecule has 0 radical (unpaired) electrons. The lowest BCUT2D eigenvalue weighted by atomic mass is 9.75. The van der Waals surface area contributed by atoms with Crippen LogP contribution in [0, 0.1) is 0 Å². The van der Waals surface area contributed by atoms with Crippen LogP contribution in [-0.4, -0.2) is 49.2 Å². The first-order chi connectivity index (χ1) is 22.9. The molecule has 1 aromatic heterocycles. The van der Waals surface area contributed by atoms with E-state index in [9.17, 15) is 19.5 Å². The van der Waals surface area contributed by atoms with Crippen molar-refractivity contribution < 1.29 is 19.5 Å². The number of ketones is 2. The van der Waals surface area contributed by atoms with Gasteiger partial charge in [0, 0.05) is 23.1 Å². The lowest BCUT2D eigenvalue weighted by Gasteiger charge is -2.29. The van der Waals surface area contributed by atoms with Crippen molar-refractivity contribution in [3.63, 3.8) is 0 Å². The minimum atomic E-state index is -1.02. The highest BCUT2D eigenvalue weighted by Gasteiger charge is 2.55. The van der Waals surface area contributed by atoms with Crippen LogP contribution < -0.4 is 0 Å². The largest absolute Gasteiger partial charge is 0.392 e. The summed E-state index contributed by atoms with van der Waals surface area (Å²) in [6.07, 6.45) is 3.30. The van der Waals surface area contributed by atoms with Crippen LogP contribution in [-0.2, 0) is 29.9 Å². The number of aliphatic imine (C=N–C) groups is 2. The first-order valence-electron chi connectivity index (χ1n) is 15.3. The van der Waals surface area contributed by atoms with Gasteiger partial charge in [-0.05, 0) is 29.2 Å². The molecule has 1 N–H and O–H groups in total. The van der Waals surface area contributed by atoms with Crippen molar-refractivity contribution in [2.45, 2.75) is 38.5 Å². The molecular weight excluding hydrogens is 590 g/mol. The average Bonchev–Trinajstić information content (AvgIpc) is 3.57. The summed E-state index contributed by atoms with van der Waals surface area (Å²) < 4.78 is 1.93. The zero-order chi connectivity index (χ0) is 32.5. The second-order valence-electron chi connectivity index (χ2n) is 11.8. The first-order valence-corrected chi connectivity index (χ1v) is 15.3. The fraction of sp³-hybridized carbons (Fsp3) is 0.158. The van der Waals surface area contributed by atoms with E-state index < -0.39 is 5.41 Å². The summed E-state index contributed by atoms with van der Waals surface area (Å²) >= 11 is 0. The molecule has 9 heteroatoms. The standard InChI is InChI=1S/C38H31N5O4/c1-25(45)29-13-7-27(8-14-29)21-43-33(46)19-38(32-17-11-28(22-44)12-18-32)35-36(39-23-40-37(38)43)42(24-41-35)20-26-9-15-31(16-10-26)34(47)30-5-3-2-4-6-30/h2-18,23-24,44H,19-22H2,1H3. The third kappa shape index (κ3) is 5.40. The van der Waals surface area contributed by atoms with Gasteiger partial charge in [0.05, 0.1) is 26.0 Å². The topological polar surface area (TPSA) is 117 Å². The fourth-order valence-corrected chi connectivity index (χ4v) is 6.35. The maximum Gasteiger partial charge on any atom is 0.230 e. The second kappa shape index (κ2) is 12.2. The maximum atomic E-state index is 13.9. The van der Waals surface area contributed by atoms with Crippen molar-refractivity contribution in [1.82, 2.24) is 14.5 Å². The van der Waals surface area contributed by atoms with Crippen molar-refractivity contribution >= 4 is 35.5 Å². The molecule has 0 saturated carbocycles. The first kappa shape index (κ1) is 29.9. The molecule has 1 amide bonds. The number of likely N-dealkylation sites (tertiary alicyclic amines) is 1. The molecule has 1 atom stereocenters. The van der Waals surface area contributed by atoms with Gasteiger partial charge in [-0.3, -0.25) is 19.3 Å². The zero-order valence-corrected chi connectivity index (χ0v) is 25.7. The normalized spacial score (nSPS) is 16.8. The van der Waals surface area contributed by atoms with Crippen LogP contribution in [0.15, 0.2) is 119 Å². The number of hydrogen-bond donors (Lipinski definition) is 1. The van der Waals surface area contributed by atoms with Gasteiger partial charge in [0.1, 0.15) is 23.3 Å². The molecule has 47 heavy (non-hydrogen) atoms. The average molecular weight is 622 g/mol. The number of nitrogens with zero attached hydrogens (tertiary/aromatic N) is 5. The van der Waals surface area contributed by atoms with Gasteiger partial charge in [-0.1, -0.05) is 103 Å². The van der Waals surface area contributed by atoms with Gasteiger partial charge in [0.25, 0.3) is 0 Å². The zero-order valence-electron chi connectivity index (χ0n) is 25.7. The van der Waals surface area contributed by atoms with Gasteiger partial charge in [-0.2, -0.15) is 0 Å². The highest BCUT2D eigenvalue weighted by atomic mass is 16.3. The molecule has 1 unspecified atom stereocenters. The summed E-state index contributed by atoms with van der Waals surface area (Å²) in [5.74, 6) is 0.928. The van der Waals surface area contributed by atoms with Crippen molar-refractivity contribution in [2.24, 2.45) is 9.98 Å². The number of Topliss-reactive ketones (excluding diaryl/α,β-unsaturated/α-hetero) is 1. The predicted octanol–water partition coefficient (Wildman–Crippen LogP) is 5.65. The van der Waals surface area contributed by atoms with Crippen LogP contribution in [0.25, 0.3) is 0 Å². The number of carbonyl (C=O) groups is 3. The van der Waals surface area contributed by atoms with Gasteiger partial charge in [-0.15, -0.1) is 0 Å². The molecule has 2 aliphatic heterocycles. The van der Waals surface area contributed by atoms with E-state index in [1.807, 2.05) is 83.4 Å². The minimum Gasteiger partial charge on any atom is -0.392 e. The van der Waals surface area contributed by atoms with Crippen molar-refractivity contribution in [3.05, 3.63) is 154 Å². The molecule has 0 spiro atoms. The van der Waals surface area contributed by atoms with Crippen LogP contribution in [0.2, 0.25) is 0 Å². The molecule has 4 aromatic carbocycles. The number of imidazole rings is 1. The quantitative estimate of drug-likeness (QED) is 0.214. The van der Waals surface area contributed by atoms with E-state index in [1.165, 1.54) is 13.3 Å². The Morgan fingerprint density at radius 2 is 1.40 bits per heavy atom. The molecule has 3 heterocycles. The molecule has 7 rings (SSSR count). The van der Waals surface area contributed by atoms with Crippen molar-refractivity contribution in [3.8, 4) is 0 Å². The molecule has 9 nitrogen and oxygen atoms in total. The minimum absolute atomic E-state index is 0.0248. The number of amidine groups is 1.